The molecule has 0 aliphatic carbocycles. The van der Waals surface area contributed by atoms with E-state index in [2.05, 4.69) is 0 Å². The summed E-state index contributed by atoms with van der Waals surface area (Å²) in [6.07, 6.45) is 2.69. The second-order valence-electron chi connectivity index (χ2n) is 7.18. The van der Waals surface area contributed by atoms with Crippen molar-refractivity contribution >= 4 is 23.2 Å². The van der Waals surface area contributed by atoms with E-state index in [1.54, 1.807) is 4.90 Å². The monoisotopic (exact) mass is 353 g/mol. The molecule has 0 bridgehead atoms. The molecule has 0 N–H and O–H groups in total. The van der Waals surface area contributed by atoms with Crippen molar-refractivity contribution < 1.29 is 19.1 Å². The number of rotatable bonds is 6. The van der Waals surface area contributed by atoms with E-state index in [-0.39, 0.29) is 18.5 Å². The molecule has 1 amide bonds. The van der Waals surface area contributed by atoms with Gasteiger partial charge in [0.1, 0.15) is 12.2 Å². The van der Waals surface area contributed by atoms with Crippen LogP contribution < -0.4 is 0 Å². The minimum absolute atomic E-state index is 0.0315. The quantitative estimate of drug-likeness (QED) is 0.573. The molecule has 2 rings (SSSR count). The molecule has 0 radical (unpaired) electrons. The van der Waals surface area contributed by atoms with Gasteiger partial charge in [-0.25, -0.2) is 4.79 Å². The molecule has 0 saturated carbocycles. The van der Waals surface area contributed by atoms with Crippen molar-refractivity contribution in [2.24, 2.45) is 5.92 Å². The van der Waals surface area contributed by atoms with Crippen LogP contribution in [0.15, 0.2) is 17.5 Å². The van der Waals surface area contributed by atoms with Crippen LogP contribution in [0.5, 0.6) is 0 Å². The number of ether oxygens (including phenoxy) is 2. The van der Waals surface area contributed by atoms with Crippen molar-refractivity contribution in [1.29, 1.82) is 0 Å². The molecule has 1 aliphatic rings. The Hall–Kier alpha value is -1.40. The maximum absolute atomic E-state index is 12.1. The molecule has 5 nitrogen and oxygen atoms in total. The number of thiophene rings is 1. The lowest BCUT2D eigenvalue weighted by atomic mass is 9.95. The maximum Gasteiger partial charge on any atom is 0.410 e. The first-order valence-corrected chi connectivity index (χ1v) is 9.35. The Morgan fingerprint density at radius 3 is 2.83 bits per heavy atom. The molecule has 1 fully saturated rings. The van der Waals surface area contributed by atoms with E-state index < -0.39 is 5.60 Å². The van der Waals surface area contributed by atoms with Gasteiger partial charge >= 0.3 is 6.09 Å². The fourth-order valence-electron chi connectivity index (χ4n) is 2.72. The van der Waals surface area contributed by atoms with Crippen molar-refractivity contribution in [3.63, 3.8) is 0 Å². The molecule has 0 aromatic carbocycles. The number of amides is 1. The van der Waals surface area contributed by atoms with Crippen LogP contribution in [0.3, 0.4) is 0 Å². The lowest BCUT2D eigenvalue weighted by Gasteiger charge is -2.34. The third-order valence-electron chi connectivity index (χ3n) is 3.87. The highest BCUT2D eigenvalue weighted by atomic mass is 32.1. The topological polar surface area (TPSA) is 55.8 Å². The molecule has 2 heterocycles. The zero-order valence-corrected chi connectivity index (χ0v) is 15.6. The van der Waals surface area contributed by atoms with Gasteiger partial charge in [-0.3, -0.25) is 4.79 Å². The minimum atomic E-state index is -0.463. The van der Waals surface area contributed by atoms with E-state index in [4.69, 9.17) is 9.47 Å². The standard InChI is InChI=1S/C18H27NO4S/c1-18(2,3)23-17(21)19-9-4-6-14(12-19)8-10-22-13-15(20)16-7-5-11-24-16/h5,7,11,14H,4,6,8-10,12-13H2,1-3H3. The van der Waals surface area contributed by atoms with Crippen LogP contribution in [0.25, 0.3) is 0 Å². The lowest BCUT2D eigenvalue weighted by Crippen LogP contribution is -2.43. The Balaban J connectivity index is 1.67. The zero-order chi connectivity index (χ0) is 17.6. The van der Waals surface area contributed by atoms with Crippen molar-refractivity contribution in [3.05, 3.63) is 22.4 Å². The Morgan fingerprint density at radius 1 is 1.38 bits per heavy atom. The summed E-state index contributed by atoms with van der Waals surface area (Å²) < 4.78 is 11.0. The smallest absolute Gasteiger partial charge is 0.410 e. The number of Topliss-reactive ketones (excluding diaryl/α,β-unsaturated/α-hetero) is 1. The Kier molecular flexibility index (Phi) is 6.80. The van der Waals surface area contributed by atoms with E-state index in [1.165, 1.54) is 11.3 Å². The first-order valence-electron chi connectivity index (χ1n) is 8.47. The first kappa shape index (κ1) is 18.9. The molecule has 1 saturated heterocycles. The van der Waals surface area contributed by atoms with E-state index in [0.29, 0.717) is 19.1 Å². The second-order valence-corrected chi connectivity index (χ2v) is 8.12. The molecule has 1 aromatic heterocycles. The number of nitrogens with zero attached hydrogens (tertiary/aromatic N) is 1. The third kappa shape index (κ3) is 6.24. The van der Waals surface area contributed by atoms with Crippen LogP contribution in [-0.2, 0) is 9.47 Å². The van der Waals surface area contributed by atoms with Gasteiger partial charge in [0.25, 0.3) is 0 Å². The van der Waals surface area contributed by atoms with Gasteiger partial charge in [-0.2, -0.15) is 0 Å². The number of hydrogen-bond donors (Lipinski definition) is 0. The summed E-state index contributed by atoms with van der Waals surface area (Å²) in [5.74, 6) is 0.437. The zero-order valence-electron chi connectivity index (χ0n) is 14.7. The highest BCUT2D eigenvalue weighted by Crippen LogP contribution is 2.21. The summed E-state index contributed by atoms with van der Waals surface area (Å²) in [5, 5.41) is 1.89. The number of carbonyl (C=O) groups excluding carboxylic acids is 2. The maximum atomic E-state index is 12.1. The molecule has 0 spiro atoms. The summed E-state index contributed by atoms with van der Waals surface area (Å²) >= 11 is 1.44. The average molecular weight is 353 g/mol. The van der Waals surface area contributed by atoms with E-state index in [9.17, 15) is 9.59 Å². The molecule has 1 aromatic rings. The molecule has 134 valence electrons. The van der Waals surface area contributed by atoms with Crippen LogP contribution in [0, 0.1) is 5.92 Å². The van der Waals surface area contributed by atoms with Gasteiger partial charge in [0.2, 0.25) is 0 Å². The molecule has 1 aliphatic heterocycles. The summed E-state index contributed by atoms with van der Waals surface area (Å²) in [6.45, 7) is 7.77. The van der Waals surface area contributed by atoms with Gasteiger partial charge in [0, 0.05) is 19.7 Å². The van der Waals surface area contributed by atoms with Gasteiger partial charge in [0.05, 0.1) is 4.88 Å². The Morgan fingerprint density at radius 2 is 2.17 bits per heavy atom. The van der Waals surface area contributed by atoms with Crippen molar-refractivity contribution in [1.82, 2.24) is 4.90 Å². The average Bonchev–Trinajstić information content (AvgIpc) is 3.04. The van der Waals surface area contributed by atoms with Crippen LogP contribution >= 0.6 is 11.3 Å². The van der Waals surface area contributed by atoms with Crippen LogP contribution in [-0.4, -0.2) is 48.7 Å². The van der Waals surface area contributed by atoms with Gasteiger partial charge in [-0.05, 0) is 57.4 Å². The predicted octanol–water partition coefficient (Wildman–Crippen LogP) is 3.98. The molecular formula is C18H27NO4S. The lowest BCUT2D eigenvalue weighted by molar-refractivity contribution is 0.0142. The molecule has 1 atom stereocenters. The number of piperidine rings is 1. The summed E-state index contributed by atoms with van der Waals surface area (Å²) in [7, 11) is 0. The number of ketones is 1. The van der Waals surface area contributed by atoms with Crippen molar-refractivity contribution in [2.75, 3.05) is 26.3 Å². The van der Waals surface area contributed by atoms with Gasteiger partial charge in [-0.15, -0.1) is 11.3 Å². The molecule has 24 heavy (non-hydrogen) atoms. The van der Waals surface area contributed by atoms with Crippen molar-refractivity contribution in [3.8, 4) is 0 Å². The normalized spacial score (nSPS) is 18.5. The highest BCUT2D eigenvalue weighted by molar-refractivity contribution is 7.12. The summed E-state index contributed by atoms with van der Waals surface area (Å²) in [5.41, 5.74) is -0.463. The summed E-state index contributed by atoms with van der Waals surface area (Å²) in [4.78, 5) is 26.5. The highest BCUT2D eigenvalue weighted by Gasteiger charge is 2.27. The van der Waals surface area contributed by atoms with E-state index in [1.807, 2.05) is 38.3 Å². The fourth-order valence-corrected chi connectivity index (χ4v) is 3.37. The number of carbonyl (C=O) groups is 2. The van der Waals surface area contributed by atoms with Gasteiger partial charge in [-0.1, -0.05) is 6.07 Å². The predicted molar refractivity (Wildman–Crippen MR) is 94.6 cm³/mol. The number of likely N-dealkylation sites (tertiary alicyclic amines) is 1. The minimum Gasteiger partial charge on any atom is -0.444 e. The Labute approximate surface area is 147 Å². The summed E-state index contributed by atoms with van der Waals surface area (Å²) in [6, 6.07) is 3.68. The van der Waals surface area contributed by atoms with E-state index in [0.717, 1.165) is 30.7 Å². The molecule has 6 heteroatoms. The first-order chi connectivity index (χ1) is 11.3. The van der Waals surface area contributed by atoms with Gasteiger partial charge < -0.3 is 14.4 Å². The second kappa shape index (κ2) is 8.62. The van der Waals surface area contributed by atoms with Crippen LogP contribution in [0.1, 0.15) is 49.7 Å². The largest absolute Gasteiger partial charge is 0.444 e. The van der Waals surface area contributed by atoms with E-state index >= 15 is 0 Å². The third-order valence-corrected chi connectivity index (χ3v) is 4.78. The van der Waals surface area contributed by atoms with Crippen LogP contribution in [0.2, 0.25) is 0 Å². The number of hydrogen-bond acceptors (Lipinski definition) is 5. The Bertz CT molecular complexity index is 536. The van der Waals surface area contributed by atoms with Crippen molar-refractivity contribution in [2.45, 2.75) is 45.6 Å². The molecular weight excluding hydrogens is 326 g/mol. The fraction of sp³-hybridized carbons (Fsp3) is 0.667. The van der Waals surface area contributed by atoms with Crippen LogP contribution in [0.4, 0.5) is 4.79 Å². The molecule has 1 unspecified atom stereocenters. The SMILES string of the molecule is CC(C)(C)OC(=O)N1CCCC(CCOCC(=O)c2cccs2)C1. The van der Waals surface area contributed by atoms with Gasteiger partial charge in [0.15, 0.2) is 5.78 Å².